The standard InChI is InChI=1S/C13H16BrN3S/c1-3-16-11-5-12(7-15-6-11)17(2)8-13-4-10(14)9-18-13/h4-7,9,16H,3,8H2,1-2H3. The Balaban J connectivity index is 2.08. The Morgan fingerprint density at radius 2 is 2.22 bits per heavy atom. The molecule has 2 heterocycles. The van der Waals surface area contributed by atoms with Crippen molar-refractivity contribution in [2.45, 2.75) is 13.5 Å². The van der Waals surface area contributed by atoms with Crippen LogP contribution in [0.4, 0.5) is 11.4 Å². The summed E-state index contributed by atoms with van der Waals surface area (Å²) in [6.45, 7) is 3.89. The molecule has 2 rings (SSSR count). The van der Waals surface area contributed by atoms with Crippen LogP contribution in [0.15, 0.2) is 34.4 Å². The van der Waals surface area contributed by atoms with Crippen molar-refractivity contribution in [2.24, 2.45) is 0 Å². The summed E-state index contributed by atoms with van der Waals surface area (Å²) in [5.41, 5.74) is 2.19. The molecule has 0 amide bonds. The second-order valence-corrected chi connectivity index (χ2v) is 5.96. The summed E-state index contributed by atoms with van der Waals surface area (Å²) in [5.74, 6) is 0. The number of hydrogen-bond donors (Lipinski definition) is 1. The first kappa shape index (κ1) is 13.4. The number of hydrogen-bond acceptors (Lipinski definition) is 4. The fourth-order valence-electron chi connectivity index (χ4n) is 1.70. The van der Waals surface area contributed by atoms with E-state index in [1.165, 1.54) is 4.88 Å². The molecule has 2 aromatic heterocycles. The zero-order valence-corrected chi connectivity index (χ0v) is 12.9. The van der Waals surface area contributed by atoms with Gasteiger partial charge < -0.3 is 10.2 Å². The molecule has 0 fully saturated rings. The number of nitrogens with one attached hydrogen (secondary N) is 1. The zero-order valence-electron chi connectivity index (χ0n) is 10.5. The van der Waals surface area contributed by atoms with Crippen LogP contribution in [0.3, 0.4) is 0 Å². The lowest BCUT2D eigenvalue weighted by atomic mass is 10.3. The van der Waals surface area contributed by atoms with Crippen molar-refractivity contribution in [3.63, 3.8) is 0 Å². The van der Waals surface area contributed by atoms with E-state index < -0.39 is 0 Å². The number of anilines is 2. The average Bonchev–Trinajstić information content (AvgIpc) is 2.75. The van der Waals surface area contributed by atoms with E-state index in [1.54, 1.807) is 11.3 Å². The van der Waals surface area contributed by atoms with Gasteiger partial charge in [0.1, 0.15) is 0 Å². The molecule has 2 aromatic rings. The summed E-state index contributed by atoms with van der Waals surface area (Å²) in [4.78, 5) is 7.79. The average molecular weight is 326 g/mol. The van der Waals surface area contributed by atoms with Gasteiger partial charge >= 0.3 is 0 Å². The van der Waals surface area contributed by atoms with Gasteiger partial charge in [0.05, 0.1) is 30.3 Å². The molecular formula is C13H16BrN3S. The highest BCUT2D eigenvalue weighted by Crippen LogP contribution is 2.23. The van der Waals surface area contributed by atoms with Gasteiger partial charge in [0.2, 0.25) is 0 Å². The summed E-state index contributed by atoms with van der Waals surface area (Å²) in [7, 11) is 2.08. The van der Waals surface area contributed by atoms with Gasteiger partial charge in [-0.25, -0.2) is 0 Å². The Morgan fingerprint density at radius 1 is 1.39 bits per heavy atom. The van der Waals surface area contributed by atoms with Crippen molar-refractivity contribution in [3.05, 3.63) is 39.3 Å². The number of nitrogens with zero attached hydrogens (tertiary/aromatic N) is 2. The van der Waals surface area contributed by atoms with Crippen LogP contribution in [0.5, 0.6) is 0 Å². The number of rotatable bonds is 5. The first-order valence-corrected chi connectivity index (χ1v) is 7.49. The van der Waals surface area contributed by atoms with Crippen molar-refractivity contribution < 1.29 is 0 Å². The Kier molecular flexibility index (Phi) is 4.60. The third-order valence-electron chi connectivity index (χ3n) is 2.56. The van der Waals surface area contributed by atoms with Crippen LogP contribution in [0, 0.1) is 0 Å². The van der Waals surface area contributed by atoms with Gasteiger partial charge in [-0.3, -0.25) is 4.98 Å². The second-order valence-electron chi connectivity index (χ2n) is 4.05. The lowest BCUT2D eigenvalue weighted by Crippen LogP contribution is -2.16. The normalized spacial score (nSPS) is 10.4. The van der Waals surface area contributed by atoms with E-state index in [9.17, 15) is 0 Å². The third kappa shape index (κ3) is 3.46. The van der Waals surface area contributed by atoms with E-state index in [-0.39, 0.29) is 0 Å². The number of pyridine rings is 1. The molecule has 0 aliphatic rings. The maximum Gasteiger partial charge on any atom is 0.0574 e. The molecule has 3 nitrogen and oxygen atoms in total. The minimum atomic E-state index is 0.896. The lowest BCUT2D eigenvalue weighted by Gasteiger charge is -2.18. The topological polar surface area (TPSA) is 28.2 Å². The summed E-state index contributed by atoms with van der Waals surface area (Å²) < 4.78 is 1.15. The van der Waals surface area contributed by atoms with Gasteiger partial charge in [-0.1, -0.05) is 0 Å². The lowest BCUT2D eigenvalue weighted by molar-refractivity contribution is 0.934. The molecule has 0 unspecified atom stereocenters. The minimum Gasteiger partial charge on any atom is -0.384 e. The monoisotopic (exact) mass is 325 g/mol. The van der Waals surface area contributed by atoms with E-state index in [1.807, 2.05) is 12.4 Å². The van der Waals surface area contributed by atoms with Crippen molar-refractivity contribution in [2.75, 3.05) is 23.8 Å². The van der Waals surface area contributed by atoms with Crippen LogP contribution in [0.2, 0.25) is 0 Å². The summed E-state index contributed by atoms with van der Waals surface area (Å²) in [6.07, 6.45) is 3.74. The molecule has 18 heavy (non-hydrogen) atoms. The highest BCUT2D eigenvalue weighted by Gasteiger charge is 2.05. The van der Waals surface area contributed by atoms with Gasteiger partial charge in [0, 0.05) is 28.3 Å². The van der Waals surface area contributed by atoms with Crippen LogP contribution >= 0.6 is 27.3 Å². The molecule has 0 atom stereocenters. The molecule has 0 radical (unpaired) electrons. The highest BCUT2D eigenvalue weighted by molar-refractivity contribution is 9.10. The van der Waals surface area contributed by atoms with Gasteiger partial charge in [0.15, 0.2) is 0 Å². The predicted octanol–water partition coefficient (Wildman–Crippen LogP) is 3.97. The van der Waals surface area contributed by atoms with Crippen LogP contribution in [0.1, 0.15) is 11.8 Å². The Hall–Kier alpha value is -1.07. The maximum absolute atomic E-state index is 4.26. The first-order chi connectivity index (χ1) is 8.69. The summed E-state index contributed by atoms with van der Waals surface area (Å²) in [6, 6.07) is 4.28. The molecular weight excluding hydrogens is 310 g/mol. The van der Waals surface area contributed by atoms with E-state index in [0.717, 1.165) is 28.9 Å². The van der Waals surface area contributed by atoms with Gasteiger partial charge in [0.25, 0.3) is 0 Å². The zero-order chi connectivity index (χ0) is 13.0. The molecule has 0 aliphatic heterocycles. The maximum atomic E-state index is 4.26. The minimum absolute atomic E-state index is 0.896. The van der Waals surface area contributed by atoms with Gasteiger partial charge in [-0.15, -0.1) is 11.3 Å². The molecule has 0 aliphatic carbocycles. The van der Waals surface area contributed by atoms with Gasteiger partial charge in [-0.05, 0) is 35.0 Å². The van der Waals surface area contributed by atoms with Crippen molar-refractivity contribution >= 4 is 38.6 Å². The van der Waals surface area contributed by atoms with Crippen molar-refractivity contribution in [1.82, 2.24) is 4.98 Å². The fraction of sp³-hybridized carbons (Fsp3) is 0.308. The smallest absolute Gasteiger partial charge is 0.0574 e. The molecule has 5 heteroatoms. The van der Waals surface area contributed by atoms with Crippen LogP contribution < -0.4 is 10.2 Å². The van der Waals surface area contributed by atoms with Gasteiger partial charge in [-0.2, -0.15) is 0 Å². The molecule has 96 valence electrons. The predicted molar refractivity (Wildman–Crippen MR) is 82.5 cm³/mol. The quantitative estimate of drug-likeness (QED) is 0.901. The summed E-state index contributed by atoms with van der Waals surface area (Å²) in [5, 5.41) is 5.38. The fourth-order valence-corrected chi connectivity index (χ4v) is 3.20. The number of aromatic nitrogens is 1. The highest BCUT2D eigenvalue weighted by atomic mass is 79.9. The third-order valence-corrected chi connectivity index (χ3v) is 4.24. The van der Waals surface area contributed by atoms with E-state index in [2.05, 4.69) is 62.6 Å². The second kappa shape index (κ2) is 6.20. The van der Waals surface area contributed by atoms with Crippen molar-refractivity contribution in [3.8, 4) is 0 Å². The largest absolute Gasteiger partial charge is 0.384 e. The molecule has 0 aromatic carbocycles. The number of thiophene rings is 1. The molecule has 0 bridgehead atoms. The summed E-state index contributed by atoms with van der Waals surface area (Å²) >= 11 is 5.24. The Morgan fingerprint density at radius 3 is 2.89 bits per heavy atom. The van der Waals surface area contributed by atoms with E-state index in [4.69, 9.17) is 0 Å². The van der Waals surface area contributed by atoms with Crippen LogP contribution in [-0.4, -0.2) is 18.6 Å². The molecule has 0 spiro atoms. The Bertz CT molecular complexity index is 512. The molecule has 0 saturated carbocycles. The van der Waals surface area contributed by atoms with E-state index in [0.29, 0.717) is 0 Å². The first-order valence-electron chi connectivity index (χ1n) is 5.82. The molecule has 1 N–H and O–H groups in total. The van der Waals surface area contributed by atoms with Crippen molar-refractivity contribution in [1.29, 1.82) is 0 Å². The SMILES string of the molecule is CCNc1cncc(N(C)Cc2cc(Br)cs2)c1. The number of halogens is 1. The molecule has 0 saturated heterocycles. The Labute approximate surface area is 120 Å². The van der Waals surface area contributed by atoms with Crippen LogP contribution in [0.25, 0.3) is 0 Å². The van der Waals surface area contributed by atoms with Crippen LogP contribution in [-0.2, 0) is 6.54 Å². The van der Waals surface area contributed by atoms with E-state index >= 15 is 0 Å².